The van der Waals surface area contributed by atoms with Crippen molar-refractivity contribution in [2.24, 2.45) is 0 Å². The van der Waals surface area contributed by atoms with Crippen molar-refractivity contribution < 1.29 is 14.3 Å². The van der Waals surface area contributed by atoms with E-state index in [2.05, 4.69) is 13.8 Å². The lowest BCUT2D eigenvalue weighted by Crippen LogP contribution is -2.18. The molecule has 1 aromatic carbocycles. The number of carbonyl (C=O) groups excluding carboxylic acids is 1. The van der Waals surface area contributed by atoms with E-state index >= 15 is 0 Å². The predicted octanol–water partition coefficient (Wildman–Crippen LogP) is 3.15. The minimum atomic E-state index is -0.276. The lowest BCUT2D eigenvalue weighted by molar-refractivity contribution is 0.0411. The van der Waals surface area contributed by atoms with Gasteiger partial charge in [-0.1, -0.05) is 26.0 Å². The Kier molecular flexibility index (Phi) is 3.71. The van der Waals surface area contributed by atoms with Gasteiger partial charge in [0, 0.05) is 0 Å². The van der Waals surface area contributed by atoms with Crippen LogP contribution in [0, 0.1) is 0 Å². The molecule has 1 aliphatic heterocycles. The van der Waals surface area contributed by atoms with Crippen molar-refractivity contribution in [1.82, 2.24) is 0 Å². The first-order valence-electron chi connectivity index (χ1n) is 6.45. The summed E-state index contributed by atoms with van der Waals surface area (Å²) in [5, 5.41) is 0. The van der Waals surface area contributed by atoms with Crippen LogP contribution in [0.15, 0.2) is 24.3 Å². The van der Waals surface area contributed by atoms with Crippen LogP contribution < -0.4 is 0 Å². The molecule has 2 unspecified atom stereocenters. The first kappa shape index (κ1) is 13.1. The molecule has 0 saturated carbocycles. The maximum absolute atomic E-state index is 11.8. The van der Waals surface area contributed by atoms with Gasteiger partial charge in [-0.15, -0.1) is 0 Å². The lowest BCUT2D eigenvalue weighted by atomic mass is 9.98. The molecule has 1 aliphatic rings. The van der Waals surface area contributed by atoms with Gasteiger partial charge in [0.15, 0.2) is 0 Å². The third-order valence-corrected chi connectivity index (χ3v) is 3.47. The number of esters is 1. The second-order valence-corrected chi connectivity index (χ2v) is 5.25. The topological polar surface area (TPSA) is 38.8 Å². The van der Waals surface area contributed by atoms with Gasteiger partial charge in [0.25, 0.3) is 0 Å². The van der Waals surface area contributed by atoms with E-state index < -0.39 is 0 Å². The van der Waals surface area contributed by atoms with Crippen LogP contribution in [0.5, 0.6) is 0 Å². The zero-order valence-electron chi connectivity index (χ0n) is 11.2. The summed E-state index contributed by atoms with van der Waals surface area (Å²) >= 11 is 0. The van der Waals surface area contributed by atoms with E-state index in [4.69, 9.17) is 9.47 Å². The fourth-order valence-electron chi connectivity index (χ4n) is 1.69. The Labute approximate surface area is 108 Å². The van der Waals surface area contributed by atoms with Crippen LogP contribution in [-0.2, 0) is 9.47 Å². The molecule has 2 atom stereocenters. The standard InChI is InChI=1S/C15H20O3/c1-4-11(2)12-5-7-13(8-6-12)14(16)17-9-15(3)10-18-15/h5-8,11H,4,9-10H2,1-3H3. The van der Waals surface area contributed by atoms with Gasteiger partial charge in [-0.3, -0.25) is 0 Å². The van der Waals surface area contributed by atoms with Crippen LogP contribution in [0.4, 0.5) is 0 Å². The van der Waals surface area contributed by atoms with E-state index in [0.29, 0.717) is 24.7 Å². The molecule has 18 heavy (non-hydrogen) atoms. The van der Waals surface area contributed by atoms with Crippen molar-refractivity contribution in [3.05, 3.63) is 35.4 Å². The van der Waals surface area contributed by atoms with Gasteiger partial charge in [0.05, 0.1) is 12.2 Å². The summed E-state index contributed by atoms with van der Waals surface area (Å²) in [5.41, 5.74) is 1.62. The molecule has 0 radical (unpaired) electrons. The van der Waals surface area contributed by atoms with Gasteiger partial charge < -0.3 is 9.47 Å². The molecule has 1 aromatic rings. The van der Waals surface area contributed by atoms with Gasteiger partial charge in [0.2, 0.25) is 0 Å². The summed E-state index contributed by atoms with van der Waals surface area (Å²) in [6, 6.07) is 7.67. The molecule has 0 bridgehead atoms. The second-order valence-electron chi connectivity index (χ2n) is 5.25. The third kappa shape index (κ3) is 3.10. The number of epoxide rings is 1. The van der Waals surface area contributed by atoms with E-state index in [9.17, 15) is 4.79 Å². The summed E-state index contributed by atoms with van der Waals surface area (Å²) < 4.78 is 10.4. The number of benzene rings is 1. The minimum absolute atomic E-state index is 0.244. The Balaban J connectivity index is 1.93. The van der Waals surface area contributed by atoms with Crippen LogP contribution in [0.2, 0.25) is 0 Å². The first-order chi connectivity index (χ1) is 8.54. The summed E-state index contributed by atoms with van der Waals surface area (Å²) in [4.78, 5) is 11.8. The van der Waals surface area contributed by atoms with Crippen molar-refractivity contribution in [2.75, 3.05) is 13.2 Å². The molecule has 1 heterocycles. The average molecular weight is 248 g/mol. The normalized spacial score (nSPS) is 23.5. The Hall–Kier alpha value is -1.35. The highest BCUT2D eigenvalue weighted by Gasteiger charge is 2.40. The van der Waals surface area contributed by atoms with Gasteiger partial charge in [-0.25, -0.2) is 4.79 Å². The molecule has 0 N–H and O–H groups in total. The lowest BCUT2D eigenvalue weighted by Gasteiger charge is -2.10. The predicted molar refractivity (Wildman–Crippen MR) is 69.8 cm³/mol. The van der Waals surface area contributed by atoms with Crippen molar-refractivity contribution in [3.63, 3.8) is 0 Å². The molecule has 98 valence electrons. The van der Waals surface area contributed by atoms with Gasteiger partial charge >= 0.3 is 5.97 Å². The minimum Gasteiger partial charge on any atom is -0.459 e. The quantitative estimate of drug-likeness (QED) is 0.593. The summed E-state index contributed by atoms with van der Waals surface area (Å²) in [5.74, 6) is 0.247. The Morgan fingerprint density at radius 2 is 2.06 bits per heavy atom. The first-order valence-corrected chi connectivity index (χ1v) is 6.45. The zero-order valence-corrected chi connectivity index (χ0v) is 11.2. The van der Waals surface area contributed by atoms with Crippen LogP contribution in [0.1, 0.15) is 49.0 Å². The molecule has 0 amide bonds. The average Bonchev–Trinajstić information content (AvgIpc) is 3.14. The molecular weight excluding hydrogens is 228 g/mol. The summed E-state index contributed by atoms with van der Waals surface area (Å²) in [6.45, 7) is 7.28. The molecular formula is C15H20O3. The molecule has 0 spiro atoms. The van der Waals surface area contributed by atoms with Crippen molar-refractivity contribution in [1.29, 1.82) is 0 Å². The van der Waals surface area contributed by atoms with E-state index in [-0.39, 0.29) is 11.6 Å². The monoisotopic (exact) mass is 248 g/mol. The number of rotatable bonds is 5. The van der Waals surface area contributed by atoms with E-state index in [1.165, 1.54) is 5.56 Å². The molecule has 3 heteroatoms. The van der Waals surface area contributed by atoms with Gasteiger partial charge in [-0.2, -0.15) is 0 Å². The number of hydrogen-bond acceptors (Lipinski definition) is 3. The smallest absolute Gasteiger partial charge is 0.338 e. The zero-order chi connectivity index (χ0) is 13.2. The Morgan fingerprint density at radius 1 is 1.44 bits per heavy atom. The Bertz CT molecular complexity index is 418. The van der Waals surface area contributed by atoms with Gasteiger partial charge in [0.1, 0.15) is 12.2 Å². The van der Waals surface area contributed by atoms with Crippen molar-refractivity contribution in [2.45, 2.75) is 38.7 Å². The van der Waals surface area contributed by atoms with Crippen LogP contribution in [-0.4, -0.2) is 24.8 Å². The molecule has 2 rings (SSSR count). The Morgan fingerprint density at radius 3 is 2.56 bits per heavy atom. The third-order valence-electron chi connectivity index (χ3n) is 3.47. The van der Waals surface area contributed by atoms with E-state index in [1.807, 2.05) is 31.2 Å². The maximum Gasteiger partial charge on any atom is 0.338 e. The highest BCUT2D eigenvalue weighted by Crippen LogP contribution is 2.26. The largest absolute Gasteiger partial charge is 0.459 e. The molecule has 1 saturated heterocycles. The highest BCUT2D eigenvalue weighted by molar-refractivity contribution is 5.89. The molecule has 0 aliphatic carbocycles. The van der Waals surface area contributed by atoms with E-state index in [1.54, 1.807) is 0 Å². The fraction of sp³-hybridized carbons (Fsp3) is 0.533. The van der Waals surface area contributed by atoms with Crippen LogP contribution >= 0.6 is 0 Å². The molecule has 0 aromatic heterocycles. The summed E-state index contributed by atoms with van der Waals surface area (Å²) in [7, 11) is 0. The van der Waals surface area contributed by atoms with E-state index in [0.717, 1.165) is 6.42 Å². The van der Waals surface area contributed by atoms with Crippen molar-refractivity contribution >= 4 is 5.97 Å². The second kappa shape index (κ2) is 5.11. The van der Waals surface area contributed by atoms with Crippen molar-refractivity contribution in [3.8, 4) is 0 Å². The van der Waals surface area contributed by atoms with Crippen LogP contribution in [0.25, 0.3) is 0 Å². The number of ether oxygens (including phenoxy) is 2. The van der Waals surface area contributed by atoms with Gasteiger partial charge in [-0.05, 0) is 37.0 Å². The highest BCUT2D eigenvalue weighted by atomic mass is 16.6. The maximum atomic E-state index is 11.8. The fourth-order valence-corrected chi connectivity index (χ4v) is 1.69. The SMILES string of the molecule is CCC(C)c1ccc(C(=O)OCC2(C)CO2)cc1. The van der Waals surface area contributed by atoms with Crippen LogP contribution in [0.3, 0.4) is 0 Å². The number of carbonyl (C=O) groups is 1. The number of hydrogen-bond donors (Lipinski definition) is 0. The summed E-state index contributed by atoms with van der Waals surface area (Å²) in [6.07, 6.45) is 1.10. The molecule has 1 fully saturated rings. The molecule has 3 nitrogen and oxygen atoms in total.